The van der Waals surface area contributed by atoms with Crippen molar-refractivity contribution in [3.63, 3.8) is 0 Å². The molecule has 1 amide bonds. The van der Waals surface area contributed by atoms with Crippen molar-refractivity contribution in [2.45, 2.75) is 26.4 Å². The maximum Gasteiger partial charge on any atom is 0.413 e. The summed E-state index contributed by atoms with van der Waals surface area (Å²) < 4.78 is 6.93. The van der Waals surface area contributed by atoms with Crippen molar-refractivity contribution in [3.8, 4) is 0 Å². The first-order valence-electron chi connectivity index (χ1n) is 5.50. The number of hydrogen-bond donors (Lipinski definition) is 1. The maximum absolute atomic E-state index is 11.6. The molecule has 1 N–H and O–H groups in total. The van der Waals surface area contributed by atoms with Crippen LogP contribution >= 0.6 is 38.9 Å². The Balaban J connectivity index is 2.23. The lowest BCUT2D eigenvalue weighted by molar-refractivity contribution is 0.0636. The number of nitrogens with zero attached hydrogens (tertiary/aromatic N) is 1. The van der Waals surface area contributed by atoms with Gasteiger partial charge in [0.05, 0.1) is 9.72 Å². The molecule has 0 unspecified atom stereocenters. The van der Waals surface area contributed by atoms with E-state index in [2.05, 4.69) is 26.2 Å². The van der Waals surface area contributed by atoms with Gasteiger partial charge in [0.15, 0.2) is 5.13 Å². The quantitative estimate of drug-likeness (QED) is 0.770. The number of halogens is 2. The molecule has 1 aromatic heterocycles. The number of fused-ring (bicyclic) bond motifs is 1. The minimum absolute atomic E-state index is 0.462. The van der Waals surface area contributed by atoms with E-state index in [-0.39, 0.29) is 0 Å². The molecule has 0 bridgehead atoms. The molecule has 102 valence electrons. The standard InChI is InChI=1S/C12H12BrClN2O2S/c1-12(2,3)18-11(17)16-10-15-9-7(14)4-6(13)5-8(9)19-10/h4-5H,1-3H3,(H,15,16,17). The summed E-state index contributed by atoms with van der Waals surface area (Å²) >= 11 is 10.8. The molecular formula is C12H12BrClN2O2S. The second-order valence-corrected chi connectivity index (χ2v) is 7.23. The van der Waals surface area contributed by atoms with Gasteiger partial charge in [-0.2, -0.15) is 0 Å². The van der Waals surface area contributed by atoms with Gasteiger partial charge in [0, 0.05) is 4.47 Å². The Labute approximate surface area is 128 Å². The molecule has 0 aliphatic rings. The molecule has 1 aromatic carbocycles. The van der Waals surface area contributed by atoms with E-state index in [4.69, 9.17) is 16.3 Å². The molecule has 0 aliphatic heterocycles. The van der Waals surface area contributed by atoms with Gasteiger partial charge in [-0.3, -0.25) is 5.32 Å². The highest BCUT2D eigenvalue weighted by atomic mass is 79.9. The highest BCUT2D eigenvalue weighted by molar-refractivity contribution is 9.10. The molecule has 19 heavy (non-hydrogen) atoms. The van der Waals surface area contributed by atoms with Crippen LogP contribution in [0.25, 0.3) is 10.2 Å². The van der Waals surface area contributed by atoms with Crippen LogP contribution in [0.4, 0.5) is 9.93 Å². The van der Waals surface area contributed by atoms with Crippen LogP contribution in [0.2, 0.25) is 5.02 Å². The third-order valence-corrected chi connectivity index (χ3v) is 3.68. The fourth-order valence-corrected chi connectivity index (χ4v) is 3.38. The number of hydrogen-bond acceptors (Lipinski definition) is 4. The van der Waals surface area contributed by atoms with Crippen molar-refractivity contribution in [1.29, 1.82) is 0 Å². The second kappa shape index (κ2) is 5.26. The Morgan fingerprint density at radius 3 is 2.79 bits per heavy atom. The van der Waals surface area contributed by atoms with Crippen molar-refractivity contribution in [2.24, 2.45) is 0 Å². The monoisotopic (exact) mass is 362 g/mol. The van der Waals surface area contributed by atoms with Crippen molar-refractivity contribution < 1.29 is 9.53 Å². The second-order valence-electron chi connectivity index (χ2n) is 4.88. The Bertz CT molecular complexity index is 636. The largest absolute Gasteiger partial charge is 0.444 e. The lowest BCUT2D eigenvalue weighted by Gasteiger charge is -2.18. The third-order valence-electron chi connectivity index (χ3n) is 2.02. The van der Waals surface area contributed by atoms with Gasteiger partial charge in [-0.15, -0.1) is 0 Å². The van der Waals surface area contributed by atoms with E-state index in [1.165, 1.54) is 11.3 Å². The van der Waals surface area contributed by atoms with Crippen LogP contribution in [-0.4, -0.2) is 16.7 Å². The topological polar surface area (TPSA) is 51.2 Å². The molecule has 4 nitrogen and oxygen atoms in total. The molecule has 2 rings (SSSR count). The molecule has 0 atom stereocenters. The normalized spacial score (nSPS) is 11.6. The van der Waals surface area contributed by atoms with Crippen molar-refractivity contribution in [3.05, 3.63) is 21.6 Å². The zero-order valence-electron chi connectivity index (χ0n) is 10.6. The molecule has 7 heteroatoms. The summed E-state index contributed by atoms with van der Waals surface area (Å²) in [7, 11) is 0. The van der Waals surface area contributed by atoms with Gasteiger partial charge in [0.25, 0.3) is 0 Å². The first kappa shape index (κ1) is 14.6. The summed E-state index contributed by atoms with van der Waals surface area (Å²) in [6.45, 7) is 5.41. The van der Waals surface area contributed by atoms with Crippen LogP contribution in [0.1, 0.15) is 20.8 Å². The molecule has 0 aliphatic carbocycles. The Kier molecular flexibility index (Phi) is 4.03. The highest BCUT2D eigenvalue weighted by Gasteiger charge is 2.18. The van der Waals surface area contributed by atoms with Crippen LogP contribution in [-0.2, 0) is 4.74 Å². The van der Waals surface area contributed by atoms with E-state index < -0.39 is 11.7 Å². The van der Waals surface area contributed by atoms with E-state index in [0.717, 1.165) is 9.17 Å². The summed E-state index contributed by atoms with van der Waals surface area (Å²) in [4.78, 5) is 15.9. The predicted molar refractivity (Wildman–Crippen MR) is 82.2 cm³/mol. The zero-order chi connectivity index (χ0) is 14.2. The van der Waals surface area contributed by atoms with E-state index in [9.17, 15) is 4.79 Å². The Morgan fingerprint density at radius 2 is 2.16 bits per heavy atom. The van der Waals surface area contributed by atoms with Crippen LogP contribution in [0, 0.1) is 0 Å². The van der Waals surface area contributed by atoms with Gasteiger partial charge in [-0.1, -0.05) is 38.9 Å². The van der Waals surface area contributed by atoms with Crippen molar-refractivity contribution in [2.75, 3.05) is 5.32 Å². The van der Waals surface area contributed by atoms with Gasteiger partial charge in [-0.25, -0.2) is 9.78 Å². The first-order valence-corrected chi connectivity index (χ1v) is 7.49. The number of thiazole rings is 1. The first-order chi connectivity index (χ1) is 8.74. The van der Waals surface area contributed by atoms with Gasteiger partial charge >= 0.3 is 6.09 Å². The summed E-state index contributed by atoms with van der Waals surface area (Å²) in [6, 6.07) is 3.67. The van der Waals surface area contributed by atoms with Crippen LogP contribution in [0.3, 0.4) is 0 Å². The van der Waals surface area contributed by atoms with E-state index in [1.54, 1.807) is 26.8 Å². The number of aromatic nitrogens is 1. The van der Waals surface area contributed by atoms with Crippen molar-refractivity contribution >= 4 is 60.3 Å². The molecule has 0 spiro atoms. The number of ether oxygens (including phenoxy) is 1. The molecule has 0 saturated carbocycles. The van der Waals surface area contributed by atoms with Crippen molar-refractivity contribution in [1.82, 2.24) is 4.98 Å². The minimum Gasteiger partial charge on any atom is -0.444 e. The average Bonchev–Trinajstić information content (AvgIpc) is 2.56. The molecular weight excluding hydrogens is 352 g/mol. The van der Waals surface area contributed by atoms with Gasteiger partial charge in [-0.05, 0) is 32.9 Å². The summed E-state index contributed by atoms with van der Waals surface area (Å²) in [5.41, 5.74) is 0.127. The van der Waals surface area contributed by atoms with Crippen LogP contribution in [0.5, 0.6) is 0 Å². The highest BCUT2D eigenvalue weighted by Crippen LogP contribution is 2.33. The number of amides is 1. The lowest BCUT2D eigenvalue weighted by atomic mass is 10.2. The van der Waals surface area contributed by atoms with Crippen LogP contribution in [0.15, 0.2) is 16.6 Å². The van der Waals surface area contributed by atoms with Gasteiger partial charge < -0.3 is 4.74 Å². The zero-order valence-corrected chi connectivity index (χ0v) is 13.7. The maximum atomic E-state index is 11.6. The smallest absolute Gasteiger partial charge is 0.413 e. The lowest BCUT2D eigenvalue weighted by Crippen LogP contribution is -2.27. The average molecular weight is 364 g/mol. The molecule has 1 heterocycles. The predicted octanol–water partition coefficient (Wildman–Crippen LogP) is 5.06. The van der Waals surface area contributed by atoms with Gasteiger partial charge in [0.2, 0.25) is 0 Å². The fourth-order valence-electron chi connectivity index (χ4n) is 1.40. The summed E-state index contributed by atoms with van der Waals surface area (Å²) in [5.74, 6) is 0. The third kappa shape index (κ3) is 3.81. The van der Waals surface area contributed by atoms with E-state index >= 15 is 0 Å². The number of carbonyl (C=O) groups excluding carboxylic acids is 1. The van der Waals surface area contributed by atoms with Crippen LogP contribution < -0.4 is 5.32 Å². The Hall–Kier alpha value is -0.850. The molecule has 0 radical (unpaired) electrons. The summed E-state index contributed by atoms with van der Waals surface area (Å²) in [6.07, 6.45) is -0.526. The van der Waals surface area contributed by atoms with Gasteiger partial charge in [0.1, 0.15) is 11.1 Å². The fraction of sp³-hybridized carbons (Fsp3) is 0.333. The Morgan fingerprint density at radius 1 is 1.47 bits per heavy atom. The summed E-state index contributed by atoms with van der Waals surface area (Å²) in [5, 5.41) is 3.61. The van der Waals surface area contributed by atoms with E-state index in [1.807, 2.05) is 6.07 Å². The number of benzene rings is 1. The van der Waals surface area contributed by atoms with E-state index in [0.29, 0.717) is 15.7 Å². The number of rotatable bonds is 1. The molecule has 2 aromatic rings. The SMILES string of the molecule is CC(C)(C)OC(=O)Nc1nc2c(Cl)cc(Br)cc2s1. The number of anilines is 1. The number of nitrogens with one attached hydrogen (secondary N) is 1. The minimum atomic E-state index is -0.540. The number of carbonyl (C=O) groups is 1. The molecule has 0 saturated heterocycles. The molecule has 0 fully saturated rings.